The van der Waals surface area contributed by atoms with Crippen molar-refractivity contribution in [3.8, 4) is 23.0 Å². The maximum Gasteiger partial charge on any atom is 0.260 e. The Morgan fingerprint density at radius 1 is 1.06 bits per heavy atom. The summed E-state index contributed by atoms with van der Waals surface area (Å²) in [5.41, 5.74) is 1.48. The molecule has 0 saturated carbocycles. The Balaban J connectivity index is 1.31. The summed E-state index contributed by atoms with van der Waals surface area (Å²) in [4.78, 5) is 12.2. The molecule has 8 nitrogen and oxygen atoms in total. The molecule has 0 aliphatic heterocycles. The number of nitrogens with zero attached hydrogens (tertiary/aromatic N) is 4. The van der Waals surface area contributed by atoms with Crippen LogP contribution in [-0.2, 0) is 4.79 Å². The van der Waals surface area contributed by atoms with Crippen LogP contribution in [0.4, 0.5) is 4.39 Å². The fraction of sp³-hybridized carbons (Fsp3) is 0.182. The Kier molecular flexibility index (Phi) is 6.02. The standard InChI is InChI=1S/C22H20FN5O3/c1-15(31-18-10-6-5-9-17(18)23)22(29)24-13-14-30-20-12-11-19-25-26-21(28(19)27-20)16-7-3-2-4-8-16/h2-12,15H,13-14H2,1H3,(H,24,29). The van der Waals surface area contributed by atoms with E-state index in [0.29, 0.717) is 17.4 Å². The van der Waals surface area contributed by atoms with Gasteiger partial charge in [0.1, 0.15) is 6.61 Å². The molecule has 1 atom stereocenters. The molecule has 0 aliphatic carbocycles. The van der Waals surface area contributed by atoms with Gasteiger partial charge in [-0.15, -0.1) is 15.3 Å². The van der Waals surface area contributed by atoms with Crippen LogP contribution in [0.1, 0.15) is 6.92 Å². The van der Waals surface area contributed by atoms with E-state index in [2.05, 4.69) is 20.6 Å². The normalized spacial score (nSPS) is 11.8. The first-order valence-corrected chi connectivity index (χ1v) is 9.71. The van der Waals surface area contributed by atoms with Crippen molar-refractivity contribution in [3.63, 3.8) is 0 Å². The Bertz CT molecular complexity index is 1180. The first kappa shape index (κ1) is 20.3. The number of para-hydroxylation sites is 1. The zero-order valence-electron chi connectivity index (χ0n) is 16.7. The summed E-state index contributed by atoms with van der Waals surface area (Å²) in [6, 6.07) is 19.0. The summed E-state index contributed by atoms with van der Waals surface area (Å²) >= 11 is 0. The zero-order chi connectivity index (χ0) is 21.6. The Hall–Kier alpha value is -4.01. The minimum Gasteiger partial charge on any atom is -0.478 e. The van der Waals surface area contributed by atoms with E-state index in [9.17, 15) is 9.18 Å². The van der Waals surface area contributed by atoms with Crippen molar-refractivity contribution in [2.24, 2.45) is 0 Å². The first-order chi connectivity index (χ1) is 15.1. The number of carbonyl (C=O) groups excluding carboxylic acids is 1. The Morgan fingerprint density at radius 2 is 1.84 bits per heavy atom. The highest BCUT2D eigenvalue weighted by Gasteiger charge is 2.16. The minimum atomic E-state index is -0.850. The van der Waals surface area contributed by atoms with E-state index < -0.39 is 11.9 Å². The molecule has 4 rings (SSSR count). The molecule has 1 N–H and O–H groups in total. The number of amides is 1. The molecule has 9 heteroatoms. The second kappa shape index (κ2) is 9.21. The average Bonchev–Trinajstić information content (AvgIpc) is 3.22. The molecular weight excluding hydrogens is 401 g/mol. The van der Waals surface area contributed by atoms with Crippen molar-refractivity contribution in [1.29, 1.82) is 0 Å². The van der Waals surface area contributed by atoms with Gasteiger partial charge in [0.25, 0.3) is 5.91 Å². The SMILES string of the molecule is CC(Oc1ccccc1F)C(=O)NCCOc1ccc2nnc(-c3ccccc3)n2n1. The predicted octanol–water partition coefficient (Wildman–Crippen LogP) is 2.89. The number of ether oxygens (including phenoxy) is 2. The molecule has 2 heterocycles. The monoisotopic (exact) mass is 421 g/mol. The van der Waals surface area contributed by atoms with Crippen LogP contribution >= 0.6 is 0 Å². The largest absolute Gasteiger partial charge is 0.478 e. The summed E-state index contributed by atoms with van der Waals surface area (Å²) in [5.74, 6) is 0.112. The van der Waals surface area contributed by atoms with Gasteiger partial charge in [0.05, 0.1) is 6.54 Å². The number of halogens is 1. The number of benzene rings is 2. The van der Waals surface area contributed by atoms with Crippen molar-refractivity contribution < 1.29 is 18.7 Å². The molecule has 158 valence electrons. The topological polar surface area (TPSA) is 90.6 Å². The summed E-state index contributed by atoms with van der Waals surface area (Å²) in [5, 5.41) is 15.4. The van der Waals surface area contributed by atoms with Gasteiger partial charge in [-0.1, -0.05) is 42.5 Å². The number of nitrogens with one attached hydrogen (secondary N) is 1. The van der Waals surface area contributed by atoms with Crippen LogP contribution in [0.5, 0.6) is 11.6 Å². The van der Waals surface area contributed by atoms with E-state index in [1.54, 1.807) is 35.7 Å². The van der Waals surface area contributed by atoms with Crippen LogP contribution in [-0.4, -0.2) is 45.0 Å². The highest BCUT2D eigenvalue weighted by molar-refractivity contribution is 5.80. The third kappa shape index (κ3) is 4.77. The molecular formula is C22H20FN5O3. The summed E-state index contributed by atoms with van der Waals surface area (Å²) in [6.07, 6.45) is -0.850. The lowest BCUT2D eigenvalue weighted by atomic mass is 10.2. The molecule has 2 aromatic carbocycles. The third-order valence-corrected chi connectivity index (χ3v) is 4.43. The van der Waals surface area contributed by atoms with Crippen molar-refractivity contribution in [3.05, 3.63) is 72.5 Å². The van der Waals surface area contributed by atoms with Gasteiger partial charge in [0.2, 0.25) is 5.88 Å². The zero-order valence-corrected chi connectivity index (χ0v) is 16.7. The van der Waals surface area contributed by atoms with Crippen LogP contribution in [0.2, 0.25) is 0 Å². The third-order valence-electron chi connectivity index (χ3n) is 4.43. The highest BCUT2D eigenvalue weighted by Crippen LogP contribution is 2.19. The van der Waals surface area contributed by atoms with Crippen molar-refractivity contribution in [2.45, 2.75) is 13.0 Å². The van der Waals surface area contributed by atoms with Crippen LogP contribution in [0.3, 0.4) is 0 Å². The molecule has 0 bridgehead atoms. The second-order valence-electron chi connectivity index (χ2n) is 6.66. The quantitative estimate of drug-likeness (QED) is 0.440. The summed E-state index contributed by atoms with van der Waals surface area (Å²) in [6.45, 7) is 1.98. The lowest BCUT2D eigenvalue weighted by molar-refractivity contribution is -0.127. The van der Waals surface area contributed by atoms with Gasteiger partial charge in [-0.2, -0.15) is 4.52 Å². The van der Waals surface area contributed by atoms with Crippen LogP contribution < -0.4 is 14.8 Å². The van der Waals surface area contributed by atoms with Gasteiger partial charge in [0.15, 0.2) is 29.1 Å². The van der Waals surface area contributed by atoms with E-state index in [1.807, 2.05) is 30.3 Å². The first-order valence-electron chi connectivity index (χ1n) is 9.71. The summed E-state index contributed by atoms with van der Waals surface area (Å²) < 4.78 is 26.2. The number of aromatic nitrogens is 4. The van der Waals surface area contributed by atoms with Gasteiger partial charge in [-0.3, -0.25) is 4.79 Å². The van der Waals surface area contributed by atoms with Crippen molar-refractivity contribution in [2.75, 3.05) is 13.2 Å². The number of fused-ring (bicyclic) bond motifs is 1. The number of hydrogen-bond acceptors (Lipinski definition) is 6. The second-order valence-corrected chi connectivity index (χ2v) is 6.66. The predicted molar refractivity (Wildman–Crippen MR) is 111 cm³/mol. The van der Waals surface area contributed by atoms with Crippen molar-refractivity contribution >= 4 is 11.6 Å². The molecule has 0 fully saturated rings. The maximum absolute atomic E-state index is 13.6. The van der Waals surface area contributed by atoms with Gasteiger partial charge < -0.3 is 14.8 Å². The number of carbonyl (C=O) groups is 1. The lowest BCUT2D eigenvalue weighted by Crippen LogP contribution is -2.38. The van der Waals surface area contributed by atoms with Gasteiger partial charge >= 0.3 is 0 Å². The molecule has 0 spiro atoms. The fourth-order valence-corrected chi connectivity index (χ4v) is 2.87. The molecule has 1 amide bonds. The fourth-order valence-electron chi connectivity index (χ4n) is 2.87. The molecule has 0 saturated heterocycles. The molecule has 1 unspecified atom stereocenters. The van der Waals surface area contributed by atoms with E-state index in [1.165, 1.54) is 12.1 Å². The van der Waals surface area contributed by atoms with E-state index in [0.717, 1.165) is 5.56 Å². The van der Waals surface area contributed by atoms with Crippen molar-refractivity contribution in [1.82, 2.24) is 25.1 Å². The lowest BCUT2D eigenvalue weighted by Gasteiger charge is -2.15. The van der Waals surface area contributed by atoms with Gasteiger partial charge in [0, 0.05) is 11.6 Å². The highest BCUT2D eigenvalue weighted by atomic mass is 19.1. The van der Waals surface area contributed by atoms with Crippen LogP contribution in [0.15, 0.2) is 66.7 Å². The van der Waals surface area contributed by atoms with E-state index in [-0.39, 0.29) is 24.8 Å². The maximum atomic E-state index is 13.6. The molecule has 0 radical (unpaired) electrons. The summed E-state index contributed by atoms with van der Waals surface area (Å²) in [7, 11) is 0. The average molecular weight is 421 g/mol. The minimum absolute atomic E-state index is 0.0297. The van der Waals surface area contributed by atoms with E-state index in [4.69, 9.17) is 9.47 Å². The van der Waals surface area contributed by atoms with Gasteiger partial charge in [-0.05, 0) is 25.1 Å². The van der Waals surface area contributed by atoms with E-state index >= 15 is 0 Å². The van der Waals surface area contributed by atoms with Crippen LogP contribution in [0.25, 0.3) is 17.0 Å². The molecule has 0 aliphatic rings. The van der Waals surface area contributed by atoms with Gasteiger partial charge in [-0.25, -0.2) is 4.39 Å². The number of rotatable bonds is 8. The molecule has 31 heavy (non-hydrogen) atoms. The smallest absolute Gasteiger partial charge is 0.260 e. The molecule has 4 aromatic rings. The number of hydrogen-bond donors (Lipinski definition) is 1. The Morgan fingerprint density at radius 3 is 2.65 bits per heavy atom. The molecule has 2 aromatic heterocycles. The van der Waals surface area contributed by atoms with Crippen LogP contribution in [0, 0.1) is 5.82 Å². The Labute approximate surface area is 177 Å².